The van der Waals surface area contributed by atoms with Gasteiger partial charge in [0.15, 0.2) is 11.6 Å². The third-order valence-electron chi connectivity index (χ3n) is 6.83. The van der Waals surface area contributed by atoms with E-state index in [1.165, 1.54) is 12.2 Å². The Labute approximate surface area is 162 Å². The van der Waals surface area contributed by atoms with Crippen LogP contribution < -0.4 is 0 Å². The number of rotatable bonds is 2. The van der Waals surface area contributed by atoms with Crippen molar-refractivity contribution in [3.05, 3.63) is 83.9 Å². The minimum absolute atomic E-state index is 0.0940. The summed E-state index contributed by atoms with van der Waals surface area (Å²) in [6, 6.07) is 18.1. The molecule has 28 heavy (non-hydrogen) atoms. The maximum Gasteiger partial charge on any atom is 0.168 e. The van der Waals surface area contributed by atoms with E-state index < -0.39 is 22.7 Å². The summed E-state index contributed by atoms with van der Waals surface area (Å²) >= 11 is 0. The lowest BCUT2D eigenvalue weighted by Gasteiger charge is -2.68. The lowest BCUT2D eigenvalue weighted by atomic mass is 9.29. The van der Waals surface area contributed by atoms with Crippen molar-refractivity contribution < 1.29 is 19.2 Å². The van der Waals surface area contributed by atoms with Gasteiger partial charge in [-0.25, -0.2) is 0 Å². The summed E-state index contributed by atoms with van der Waals surface area (Å²) < 4.78 is 0. The van der Waals surface area contributed by atoms with Crippen molar-refractivity contribution in [3.63, 3.8) is 0 Å². The van der Waals surface area contributed by atoms with Gasteiger partial charge >= 0.3 is 0 Å². The maximum absolute atomic E-state index is 13.6. The van der Waals surface area contributed by atoms with Crippen LogP contribution >= 0.6 is 0 Å². The van der Waals surface area contributed by atoms with Crippen LogP contribution in [0.3, 0.4) is 0 Å². The number of ketones is 4. The predicted molar refractivity (Wildman–Crippen MR) is 102 cm³/mol. The Hall–Kier alpha value is -3.14. The third kappa shape index (κ3) is 1.71. The molecule has 2 aromatic carbocycles. The van der Waals surface area contributed by atoms with E-state index in [1.54, 1.807) is 36.4 Å². The topological polar surface area (TPSA) is 68.3 Å². The number of hydrogen-bond donors (Lipinski definition) is 0. The molecule has 0 heterocycles. The molecule has 0 aromatic heterocycles. The first kappa shape index (κ1) is 17.0. The van der Waals surface area contributed by atoms with Gasteiger partial charge in [-0.05, 0) is 23.3 Å². The molecule has 138 valence electrons. The van der Waals surface area contributed by atoms with Gasteiger partial charge in [-0.2, -0.15) is 0 Å². The molecule has 2 aromatic rings. The highest BCUT2D eigenvalue weighted by Crippen LogP contribution is 2.70. The number of carbonyl (C=O) groups excluding carboxylic acids is 4. The molecule has 2 saturated carbocycles. The molecular weight excluding hydrogens is 352 g/mol. The molecule has 4 nitrogen and oxygen atoms in total. The van der Waals surface area contributed by atoms with E-state index >= 15 is 0 Å². The summed E-state index contributed by atoms with van der Waals surface area (Å²) in [5.41, 5.74) is -1.41. The van der Waals surface area contributed by atoms with E-state index in [0.29, 0.717) is 11.1 Å². The van der Waals surface area contributed by atoms with Crippen LogP contribution in [0.15, 0.2) is 72.8 Å². The van der Waals surface area contributed by atoms with Crippen LogP contribution in [0.5, 0.6) is 0 Å². The van der Waals surface area contributed by atoms with Crippen LogP contribution in [0.2, 0.25) is 0 Å². The second kappa shape index (κ2) is 5.68. The van der Waals surface area contributed by atoms with Crippen molar-refractivity contribution in [2.24, 2.45) is 11.8 Å². The van der Waals surface area contributed by atoms with Crippen LogP contribution in [0.1, 0.15) is 24.0 Å². The Morgan fingerprint density at radius 2 is 1.21 bits per heavy atom. The molecule has 0 saturated heterocycles. The van der Waals surface area contributed by atoms with Crippen LogP contribution in [-0.2, 0) is 30.0 Å². The lowest BCUT2D eigenvalue weighted by molar-refractivity contribution is -0.178. The van der Waals surface area contributed by atoms with Gasteiger partial charge in [0.1, 0.15) is 11.6 Å². The third-order valence-corrected chi connectivity index (χ3v) is 6.83. The van der Waals surface area contributed by atoms with E-state index in [4.69, 9.17) is 0 Å². The molecule has 0 unspecified atom stereocenters. The predicted octanol–water partition coefficient (Wildman–Crippen LogP) is 2.75. The SMILES string of the molecule is O=C1C=CC(=O)[C@@]2(c3ccccc3)[C@@H]1[C@@H]1C(=O)CCC(=O)[C@@]12c1ccccc1. The van der Waals surface area contributed by atoms with E-state index in [2.05, 4.69) is 0 Å². The Bertz CT molecular complexity index is 1050. The van der Waals surface area contributed by atoms with Crippen LogP contribution in [0.25, 0.3) is 0 Å². The van der Waals surface area contributed by atoms with Crippen molar-refractivity contribution in [2.45, 2.75) is 23.7 Å². The van der Waals surface area contributed by atoms with Crippen molar-refractivity contribution in [3.8, 4) is 0 Å². The first-order chi connectivity index (χ1) is 13.6. The Kier molecular flexibility index (Phi) is 3.45. The zero-order chi connectivity index (χ0) is 19.5. The van der Waals surface area contributed by atoms with Gasteiger partial charge in [-0.3, -0.25) is 19.2 Å². The minimum Gasteiger partial charge on any atom is -0.299 e. The van der Waals surface area contributed by atoms with Gasteiger partial charge in [0.25, 0.3) is 0 Å². The largest absolute Gasteiger partial charge is 0.299 e. The number of carbonyl (C=O) groups is 4. The average molecular weight is 370 g/mol. The van der Waals surface area contributed by atoms with E-state index in [1.807, 2.05) is 24.3 Å². The highest BCUT2D eigenvalue weighted by atomic mass is 16.2. The maximum atomic E-state index is 13.6. The van der Waals surface area contributed by atoms with Crippen molar-refractivity contribution in [1.29, 1.82) is 0 Å². The van der Waals surface area contributed by atoms with Crippen LogP contribution in [0.4, 0.5) is 0 Å². The van der Waals surface area contributed by atoms with Crippen LogP contribution in [-0.4, -0.2) is 23.1 Å². The molecule has 0 bridgehead atoms. The van der Waals surface area contributed by atoms with Crippen molar-refractivity contribution >= 4 is 23.1 Å². The summed E-state index contributed by atoms with van der Waals surface area (Å²) in [5, 5.41) is 0. The van der Waals surface area contributed by atoms with Crippen molar-refractivity contribution in [2.75, 3.05) is 0 Å². The molecule has 4 atom stereocenters. The summed E-state index contributed by atoms with van der Waals surface area (Å²) in [6.07, 6.45) is 2.79. The van der Waals surface area contributed by atoms with Gasteiger partial charge in [-0.1, -0.05) is 60.7 Å². The fourth-order valence-corrected chi connectivity index (χ4v) is 5.94. The summed E-state index contributed by atoms with van der Waals surface area (Å²) in [6.45, 7) is 0. The smallest absolute Gasteiger partial charge is 0.168 e. The molecule has 4 heteroatoms. The van der Waals surface area contributed by atoms with Gasteiger partial charge in [0.05, 0.1) is 16.7 Å². The number of allylic oxidation sites excluding steroid dienone is 2. The van der Waals surface area contributed by atoms with E-state index in [0.717, 1.165) is 0 Å². The van der Waals surface area contributed by atoms with Gasteiger partial charge < -0.3 is 0 Å². The van der Waals surface area contributed by atoms with E-state index in [9.17, 15) is 19.2 Å². The molecule has 5 rings (SSSR count). The first-order valence-electron chi connectivity index (χ1n) is 9.49. The summed E-state index contributed by atoms with van der Waals surface area (Å²) in [4.78, 5) is 53.1. The zero-order valence-corrected chi connectivity index (χ0v) is 15.1. The normalized spacial score (nSPS) is 33.9. The first-order valence-corrected chi connectivity index (χ1v) is 9.49. The number of benzene rings is 2. The minimum atomic E-state index is -1.36. The standard InChI is InChI=1S/C24H18O4/c25-17-11-13-19(27)23(15-7-3-1-4-8-15)21(17)22-18(26)12-14-20(28)24(22,23)16-9-5-2-6-10-16/h1-11,13,21-22H,12,14H2/t21-,22-,23-,24-/m0/s1. The highest BCUT2D eigenvalue weighted by molar-refractivity contribution is 6.23. The molecule has 0 N–H and O–H groups in total. The molecule has 3 aliphatic carbocycles. The lowest BCUT2D eigenvalue weighted by Crippen LogP contribution is -2.81. The zero-order valence-electron chi connectivity index (χ0n) is 15.1. The Balaban J connectivity index is 1.92. The summed E-state index contributed by atoms with van der Waals surface area (Å²) in [7, 11) is 0. The van der Waals surface area contributed by atoms with Gasteiger partial charge in [-0.15, -0.1) is 0 Å². The molecule has 0 spiro atoms. The second-order valence-electron chi connectivity index (χ2n) is 7.79. The molecule has 0 amide bonds. The highest BCUT2D eigenvalue weighted by Gasteiger charge is 2.82. The molecule has 0 radical (unpaired) electrons. The number of Topliss-reactive ketones (excluding diaryl/α,β-unsaturated/α-hetero) is 2. The van der Waals surface area contributed by atoms with Crippen molar-refractivity contribution in [1.82, 2.24) is 0 Å². The average Bonchev–Trinajstić information content (AvgIpc) is 2.70. The Morgan fingerprint density at radius 1 is 0.643 bits per heavy atom. The second-order valence-corrected chi connectivity index (χ2v) is 7.79. The molecule has 3 aliphatic rings. The number of hydrogen-bond acceptors (Lipinski definition) is 4. The quantitative estimate of drug-likeness (QED) is 0.815. The fourth-order valence-electron chi connectivity index (χ4n) is 5.94. The Morgan fingerprint density at radius 3 is 1.82 bits per heavy atom. The van der Waals surface area contributed by atoms with Gasteiger partial charge in [0, 0.05) is 18.8 Å². The monoisotopic (exact) mass is 370 g/mol. The molecule has 2 fully saturated rings. The fraction of sp³-hybridized carbons (Fsp3) is 0.250. The van der Waals surface area contributed by atoms with E-state index in [-0.39, 0.29) is 36.0 Å². The van der Waals surface area contributed by atoms with Crippen LogP contribution in [0, 0.1) is 11.8 Å². The van der Waals surface area contributed by atoms with Gasteiger partial charge in [0.2, 0.25) is 0 Å². The molecular formula is C24H18O4. The number of fused-ring (bicyclic) bond motifs is 4. The molecule has 0 aliphatic heterocycles. The summed E-state index contributed by atoms with van der Waals surface area (Å²) in [5.74, 6) is -2.37.